The second kappa shape index (κ2) is 18.0. The van der Waals surface area contributed by atoms with E-state index in [1.165, 1.54) is 12.1 Å². The molecule has 0 heterocycles. The number of carbonyl (C=O) groups is 3. The van der Waals surface area contributed by atoms with Gasteiger partial charge in [-0.25, -0.2) is 0 Å². The van der Waals surface area contributed by atoms with Gasteiger partial charge >= 0.3 is 6.18 Å². The Kier molecular flexibility index (Phi) is 12.5. The lowest BCUT2D eigenvalue weighted by Crippen LogP contribution is -2.30. The van der Waals surface area contributed by atoms with Crippen LogP contribution < -0.4 is 20.7 Å². The van der Waals surface area contributed by atoms with Crippen molar-refractivity contribution in [1.82, 2.24) is 5.32 Å². The molecule has 0 fully saturated rings. The first-order valence-corrected chi connectivity index (χ1v) is 17.9. The van der Waals surface area contributed by atoms with Crippen LogP contribution in [0.2, 0.25) is 0 Å². The molecule has 0 aliphatic rings. The molecule has 6 rings (SSSR count). The molecule has 0 saturated heterocycles. The molecular formula is C44H34F3N3O4S. The van der Waals surface area contributed by atoms with Gasteiger partial charge in [0, 0.05) is 21.8 Å². The normalized spacial score (nSPS) is 11.9. The predicted molar refractivity (Wildman–Crippen MR) is 209 cm³/mol. The lowest BCUT2D eigenvalue weighted by atomic mass is 10.1. The fourth-order valence-corrected chi connectivity index (χ4v) is 6.46. The molecule has 0 aromatic heterocycles. The summed E-state index contributed by atoms with van der Waals surface area (Å²) in [5.74, 6) is -0.980. The average molecular weight is 758 g/mol. The second-order valence-corrected chi connectivity index (χ2v) is 13.4. The Bertz CT molecular complexity index is 2270. The smallest absolute Gasteiger partial charge is 0.416 e. The number of alkyl halides is 3. The van der Waals surface area contributed by atoms with Gasteiger partial charge in [-0.05, 0) is 83.4 Å². The van der Waals surface area contributed by atoms with Gasteiger partial charge in [-0.15, -0.1) is 11.8 Å². The standard InChI is InChI=1S/C44H34F3N3O4S/c45-44(46,47)34-18-10-19-35(27-34)49-43(53)40(32-14-6-2-7-15-32)55-38-21-11-20-36(28-38)48-42(52)39(50-41(51)33-16-8-3-9-17-33)26-30-22-24-37(25-23-30)54-29-31-12-4-1-5-13-31/h1-28,40H,29H2,(H,48,52)(H,49,53)(H,50,51)/b39-26-. The number of rotatable bonds is 13. The minimum absolute atomic E-state index is 0.00795. The Morgan fingerprint density at radius 2 is 1.29 bits per heavy atom. The summed E-state index contributed by atoms with van der Waals surface area (Å²) in [4.78, 5) is 41.2. The molecule has 1 atom stereocenters. The molecule has 276 valence electrons. The van der Waals surface area contributed by atoms with Gasteiger partial charge in [-0.1, -0.05) is 103 Å². The van der Waals surface area contributed by atoms with Crippen LogP contribution >= 0.6 is 11.8 Å². The maximum absolute atomic E-state index is 13.8. The first kappa shape index (κ1) is 38.1. The molecule has 11 heteroatoms. The molecule has 0 aliphatic carbocycles. The number of anilines is 2. The van der Waals surface area contributed by atoms with E-state index in [-0.39, 0.29) is 11.4 Å². The monoisotopic (exact) mass is 757 g/mol. The van der Waals surface area contributed by atoms with Gasteiger partial charge in [0.2, 0.25) is 5.91 Å². The molecule has 0 bridgehead atoms. The van der Waals surface area contributed by atoms with E-state index >= 15 is 0 Å². The Morgan fingerprint density at radius 1 is 0.673 bits per heavy atom. The summed E-state index contributed by atoms with van der Waals surface area (Å²) >= 11 is 1.16. The summed E-state index contributed by atoms with van der Waals surface area (Å²) in [5, 5.41) is 7.34. The van der Waals surface area contributed by atoms with Crippen molar-refractivity contribution in [2.24, 2.45) is 0 Å². The molecule has 6 aromatic rings. The van der Waals surface area contributed by atoms with Gasteiger partial charge in [0.25, 0.3) is 11.8 Å². The minimum atomic E-state index is -4.57. The lowest BCUT2D eigenvalue weighted by Gasteiger charge is -2.18. The zero-order valence-corrected chi connectivity index (χ0v) is 29.9. The van der Waals surface area contributed by atoms with E-state index in [9.17, 15) is 27.6 Å². The van der Waals surface area contributed by atoms with Crippen LogP contribution in [0.4, 0.5) is 24.5 Å². The van der Waals surface area contributed by atoms with Gasteiger partial charge in [-0.3, -0.25) is 14.4 Å². The van der Waals surface area contributed by atoms with Crippen LogP contribution in [-0.4, -0.2) is 17.7 Å². The van der Waals surface area contributed by atoms with Crippen LogP contribution in [0.15, 0.2) is 174 Å². The molecule has 0 radical (unpaired) electrons. The van der Waals surface area contributed by atoms with Crippen LogP contribution in [0.1, 0.15) is 37.9 Å². The molecular weight excluding hydrogens is 724 g/mol. The highest BCUT2D eigenvalue weighted by atomic mass is 32.2. The average Bonchev–Trinajstić information content (AvgIpc) is 3.20. The molecule has 3 amide bonds. The first-order chi connectivity index (χ1) is 26.6. The fourth-order valence-electron chi connectivity index (χ4n) is 5.37. The van der Waals surface area contributed by atoms with Gasteiger partial charge in [0.05, 0.1) is 5.56 Å². The summed E-state index contributed by atoms with van der Waals surface area (Å²) in [6.45, 7) is 0.390. The topological polar surface area (TPSA) is 96.5 Å². The number of thioether (sulfide) groups is 1. The zero-order chi connectivity index (χ0) is 38.6. The van der Waals surface area contributed by atoms with Crippen molar-refractivity contribution in [3.8, 4) is 5.75 Å². The number of ether oxygens (including phenoxy) is 1. The fraction of sp³-hybridized carbons (Fsp3) is 0.0682. The largest absolute Gasteiger partial charge is 0.489 e. The summed E-state index contributed by atoms with van der Waals surface area (Å²) < 4.78 is 46.0. The molecule has 6 aromatic carbocycles. The molecule has 1 unspecified atom stereocenters. The van der Waals surface area contributed by atoms with Crippen molar-refractivity contribution >= 4 is 46.9 Å². The number of amides is 3. The van der Waals surface area contributed by atoms with E-state index in [1.54, 1.807) is 115 Å². The Balaban J connectivity index is 1.20. The molecule has 0 spiro atoms. The summed E-state index contributed by atoms with van der Waals surface area (Å²) in [6.07, 6.45) is -3.01. The van der Waals surface area contributed by atoms with Gasteiger partial charge in [0.1, 0.15) is 23.3 Å². The molecule has 0 saturated carbocycles. The molecule has 55 heavy (non-hydrogen) atoms. The number of nitrogens with one attached hydrogen (secondary N) is 3. The molecule has 3 N–H and O–H groups in total. The van der Waals surface area contributed by atoms with E-state index in [1.807, 2.05) is 30.3 Å². The Labute approximate surface area is 320 Å². The van der Waals surface area contributed by atoms with E-state index in [2.05, 4.69) is 16.0 Å². The maximum atomic E-state index is 13.8. The van der Waals surface area contributed by atoms with Gasteiger partial charge in [0.15, 0.2) is 0 Å². The van der Waals surface area contributed by atoms with E-state index in [0.717, 1.165) is 29.5 Å². The lowest BCUT2D eigenvalue weighted by molar-refractivity contribution is -0.137. The van der Waals surface area contributed by atoms with E-state index in [4.69, 9.17) is 4.74 Å². The summed E-state index contributed by atoms with van der Waals surface area (Å²) in [7, 11) is 0. The quantitative estimate of drug-likeness (QED) is 0.0805. The van der Waals surface area contributed by atoms with Crippen LogP contribution in [0.3, 0.4) is 0 Å². The van der Waals surface area contributed by atoms with Gasteiger partial charge < -0.3 is 20.7 Å². The van der Waals surface area contributed by atoms with Crippen molar-refractivity contribution in [1.29, 1.82) is 0 Å². The Morgan fingerprint density at radius 3 is 1.96 bits per heavy atom. The summed E-state index contributed by atoms with van der Waals surface area (Å²) in [6, 6.07) is 45.4. The highest BCUT2D eigenvalue weighted by molar-refractivity contribution is 8.00. The number of hydrogen-bond acceptors (Lipinski definition) is 5. The second-order valence-electron chi connectivity index (χ2n) is 12.2. The summed E-state index contributed by atoms with van der Waals surface area (Å²) in [5.41, 5.74) is 2.12. The third-order valence-electron chi connectivity index (χ3n) is 8.11. The van der Waals surface area contributed by atoms with E-state index in [0.29, 0.717) is 39.6 Å². The van der Waals surface area contributed by atoms with Crippen molar-refractivity contribution in [2.45, 2.75) is 22.9 Å². The van der Waals surface area contributed by atoms with Crippen molar-refractivity contribution < 1.29 is 32.3 Å². The third kappa shape index (κ3) is 11.0. The third-order valence-corrected chi connectivity index (χ3v) is 9.36. The zero-order valence-electron chi connectivity index (χ0n) is 29.1. The maximum Gasteiger partial charge on any atom is 0.416 e. The van der Waals surface area contributed by atoms with Crippen LogP contribution in [0.25, 0.3) is 6.08 Å². The van der Waals surface area contributed by atoms with Crippen molar-refractivity contribution in [2.75, 3.05) is 10.6 Å². The van der Waals surface area contributed by atoms with Crippen LogP contribution in [-0.2, 0) is 22.4 Å². The highest BCUT2D eigenvalue weighted by Crippen LogP contribution is 2.38. The minimum Gasteiger partial charge on any atom is -0.489 e. The number of halogens is 3. The SMILES string of the molecule is O=C(Nc1cccc(SC(C(=O)Nc2cccc(C(F)(F)F)c2)c2ccccc2)c1)/C(=C/c1ccc(OCc2ccccc2)cc1)NC(=O)c1ccccc1. The van der Waals surface area contributed by atoms with E-state index < -0.39 is 34.7 Å². The predicted octanol–water partition coefficient (Wildman–Crippen LogP) is 10.2. The molecule has 7 nitrogen and oxygen atoms in total. The van der Waals surface area contributed by atoms with Gasteiger partial charge in [-0.2, -0.15) is 13.2 Å². The number of hydrogen-bond donors (Lipinski definition) is 3. The Hall–Kier alpha value is -6.59. The van der Waals surface area contributed by atoms with Crippen LogP contribution in [0, 0.1) is 0 Å². The van der Waals surface area contributed by atoms with Crippen molar-refractivity contribution in [3.63, 3.8) is 0 Å². The van der Waals surface area contributed by atoms with Crippen molar-refractivity contribution in [3.05, 3.63) is 197 Å². The van der Waals surface area contributed by atoms with Crippen LogP contribution in [0.5, 0.6) is 5.75 Å². The number of benzene rings is 6. The first-order valence-electron chi connectivity index (χ1n) is 17.1. The molecule has 0 aliphatic heterocycles. The number of carbonyl (C=O) groups excluding carboxylic acids is 3. The highest BCUT2D eigenvalue weighted by Gasteiger charge is 2.31.